The lowest BCUT2D eigenvalue weighted by Gasteiger charge is -2.31. The molecule has 1 aromatic heterocycles. The quantitative estimate of drug-likeness (QED) is 0.401. The summed E-state index contributed by atoms with van der Waals surface area (Å²) in [6, 6.07) is 23.6. The average molecular weight is 425 g/mol. The average Bonchev–Trinajstić information content (AvgIpc) is 2.82. The molecule has 5 rings (SSSR count). The van der Waals surface area contributed by atoms with E-state index in [1.165, 1.54) is 22.1 Å². The van der Waals surface area contributed by atoms with Gasteiger partial charge < -0.3 is 14.8 Å². The van der Waals surface area contributed by atoms with Gasteiger partial charge in [-0.3, -0.25) is 0 Å². The Morgan fingerprint density at radius 1 is 0.875 bits per heavy atom. The minimum Gasteiger partial charge on any atom is -0.493 e. The number of para-hydroxylation sites is 1. The van der Waals surface area contributed by atoms with Crippen LogP contribution in [0.2, 0.25) is 0 Å². The molecular formula is C28H28N2O2. The summed E-state index contributed by atoms with van der Waals surface area (Å²) in [6.45, 7) is 4.29. The minimum atomic E-state index is 0.107. The second-order valence-electron chi connectivity index (χ2n) is 8.56. The lowest BCUT2D eigenvalue weighted by molar-refractivity contribution is 0.350. The highest BCUT2D eigenvalue weighted by molar-refractivity contribution is 5.99. The van der Waals surface area contributed by atoms with Gasteiger partial charge >= 0.3 is 0 Å². The maximum Gasteiger partial charge on any atom is 0.164 e. The molecule has 162 valence electrons. The van der Waals surface area contributed by atoms with Gasteiger partial charge in [0.05, 0.1) is 19.9 Å². The zero-order valence-electron chi connectivity index (χ0n) is 19.0. The number of aromatic nitrogens is 1. The van der Waals surface area contributed by atoms with Crippen molar-refractivity contribution in [2.75, 3.05) is 19.5 Å². The Balaban J connectivity index is 1.85. The smallest absolute Gasteiger partial charge is 0.164 e. The predicted octanol–water partition coefficient (Wildman–Crippen LogP) is 6.43. The van der Waals surface area contributed by atoms with E-state index in [2.05, 4.69) is 73.8 Å². The van der Waals surface area contributed by atoms with Gasteiger partial charge in [0.2, 0.25) is 0 Å². The molecule has 4 nitrogen and oxygen atoms in total. The number of methoxy groups -OCH3 is 2. The summed E-state index contributed by atoms with van der Waals surface area (Å²) < 4.78 is 11.5. The lowest BCUT2D eigenvalue weighted by atomic mass is 9.75. The zero-order chi connectivity index (χ0) is 22.2. The second-order valence-corrected chi connectivity index (χ2v) is 8.56. The fraction of sp³-hybridized carbons (Fsp3) is 0.250. The van der Waals surface area contributed by atoms with Crippen molar-refractivity contribution >= 4 is 16.6 Å². The van der Waals surface area contributed by atoms with Crippen LogP contribution in [-0.2, 0) is 6.42 Å². The Labute approximate surface area is 189 Å². The first kappa shape index (κ1) is 20.4. The van der Waals surface area contributed by atoms with E-state index in [0.29, 0.717) is 0 Å². The van der Waals surface area contributed by atoms with Crippen LogP contribution in [0.4, 0.5) is 5.82 Å². The van der Waals surface area contributed by atoms with Crippen molar-refractivity contribution in [1.29, 1.82) is 0 Å². The molecule has 0 saturated heterocycles. The molecule has 0 aliphatic heterocycles. The number of ether oxygens (including phenoxy) is 2. The molecule has 1 aliphatic carbocycles. The van der Waals surface area contributed by atoms with Crippen molar-refractivity contribution in [3.05, 3.63) is 83.4 Å². The molecule has 1 atom stereocenters. The van der Waals surface area contributed by atoms with Crippen molar-refractivity contribution in [2.24, 2.45) is 0 Å². The molecule has 1 unspecified atom stereocenters. The molecule has 1 aliphatic rings. The maximum absolute atomic E-state index is 5.85. The lowest BCUT2D eigenvalue weighted by Crippen LogP contribution is -2.18. The molecule has 4 heteroatoms. The molecule has 0 fully saturated rings. The van der Waals surface area contributed by atoms with E-state index in [4.69, 9.17) is 14.5 Å². The van der Waals surface area contributed by atoms with Gasteiger partial charge in [-0.25, -0.2) is 4.98 Å². The number of fused-ring (bicyclic) bond motifs is 5. The molecule has 0 bridgehead atoms. The molecule has 0 spiro atoms. The van der Waals surface area contributed by atoms with Crippen molar-refractivity contribution in [2.45, 2.75) is 32.2 Å². The Morgan fingerprint density at radius 3 is 2.38 bits per heavy atom. The van der Waals surface area contributed by atoms with Crippen molar-refractivity contribution in [3.63, 3.8) is 0 Å². The third-order valence-corrected chi connectivity index (χ3v) is 6.23. The van der Waals surface area contributed by atoms with Gasteiger partial charge in [0.25, 0.3) is 0 Å². The fourth-order valence-corrected chi connectivity index (χ4v) is 4.93. The van der Waals surface area contributed by atoms with Crippen LogP contribution in [0.5, 0.6) is 11.5 Å². The summed E-state index contributed by atoms with van der Waals surface area (Å²) in [7, 11) is 3.40. The summed E-state index contributed by atoms with van der Waals surface area (Å²) >= 11 is 0. The van der Waals surface area contributed by atoms with E-state index in [1.54, 1.807) is 14.2 Å². The number of rotatable bonds is 5. The van der Waals surface area contributed by atoms with E-state index < -0.39 is 0 Å². The number of anilines is 1. The van der Waals surface area contributed by atoms with Gasteiger partial charge in [-0.05, 0) is 42.8 Å². The monoisotopic (exact) mass is 424 g/mol. The van der Waals surface area contributed by atoms with Gasteiger partial charge in [0.15, 0.2) is 11.5 Å². The number of benzene rings is 3. The van der Waals surface area contributed by atoms with Crippen LogP contribution in [0.3, 0.4) is 0 Å². The van der Waals surface area contributed by atoms with Crippen molar-refractivity contribution in [1.82, 2.24) is 4.98 Å². The zero-order valence-corrected chi connectivity index (χ0v) is 19.0. The van der Waals surface area contributed by atoms with E-state index in [1.807, 2.05) is 12.1 Å². The van der Waals surface area contributed by atoms with Crippen LogP contribution in [0.15, 0.2) is 66.7 Å². The highest BCUT2D eigenvalue weighted by atomic mass is 16.5. The van der Waals surface area contributed by atoms with Crippen molar-refractivity contribution < 1.29 is 9.47 Å². The topological polar surface area (TPSA) is 43.4 Å². The molecule has 1 heterocycles. The summed E-state index contributed by atoms with van der Waals surface area (Å²) in [6.07, 6.45) is 0.884. The van der Waals surface area contributed by atoms with E-state index in [-0.39, 0.29) is 12.0 Å². The Kier molecular flexibility index (Phi) is 5.22. The van der Waals surface area contributed by atoms with Crippen molar-refractivity contribution in [3.8, 4) is 22.8 Å². The van der Waals surface area contributed by atoms with Gasteiger partial charge in [0, 0.05) is 28.5 Å². The highest BCUT2D eigenvalue weighted by Crippen LogP contribution is 2.49. The van der Waals surface area contributed by atoms with Gasteiger partial charge in [-0.1, -0.05) is 60.7 Å². The van der Waals surface area contributed by atoms with Crippen LogP contribution >= 0.6 is 0 Å². The largest absolute Gasteiger partial charge is 0.493 e. The SMILES string of the molecule is COc1cccc(C2Cc3ccccc3-c3nc(NC(C)C)c4ccccc4c32)c1OC. The third kappa shape index (κ3) is 3.27. The highest BCUT2D eigenvalue weighted by Gasteiger charge is 2.32. The predicted molar refractivity (Wildman–Crippen MR) is 131 cm³/mol. The summed E-state index contributed by atoms with van der Waals surface area (Å²) in [5.74, 6) is 2.58. The standard InChI is InChI=1S/C28H28N2O2/c1-17(2)29-28-22-13-8-7-12-20(22)25-23(21-14-9-15-24(31-3)27(21)32-4)16-18-10-5-6-11-19(18)26(25)30-28/h5-15,17,23H,16H2,1-4H3,(H,29,30). The molecule has 0 radical (unpaired) electrons. The Hall–Kier alpha value is -3.53. The molecular weight excluding hydrogens is 396 g/mol. The van der Waals surface area contributed by atoms with Crippen LogP contribution in [0, 0.1) is 0 Å². The summed E-state index contributed by atoms with van der Waals surface area (Å²) in [4.78, 5) is 5.21. The van der Waals surface area contributed by atoms with E-state index in [9.17, 15) is 0 Å². The first-order valence-corrected chi connectivity index (χ1v) is 11.1. The maximum atomic E-state index is 5.85. The molecule has 4 aromatic rings. The normalized spacial score (nSPS) is 14.7. The first-order valence-electron chi connectivity index (χ1n) is 11.1. The van der Waals surface area contributed by atoms with Crippen LogP contribution < -0.4 is 14.8 Å². The fourth-order valence-electron chi connectivity index (χ4n) is 4.93. The van der Waals surface area contributed by atoms with Crippen LogP contribution in [0.1, 0.15) is 36.5 Å². The third-order valence-electron chi connectivity index (χ3n) is 6.23. The number of pyridine rings is 1. The van der Waals surface area contributed by atoms with Gasteiger partial charge in [0.1, 0.15) is 5.82 Å². The second kappa shape index (κ2) is 8.19. The number of hydrogen-bond donors (Lipinski definition) is 1. The number of hydrogen-bond acceptors (Lipinski definition) is 4. The minimum absolute atomic E-state index is 0.107. The molecule has 32 heavy (non-hydrogen) atoms. The molecule has 0 saturated carbocycles. The number of nitrogens with one attached hydrogen (secondary N) is 1. The Bertz CT molecular complexity index is 1300. The first-order chi connectivity index (χ1) is 15.6. The summed E-state index contributed by atoms with van der Waals surface area (Å²) in [5.41, 5.74) is 5.93. The molecule has 1 N–H and O–H groups in total. The van der Waals surface area contributed by atoms with Gasteiger partial charge in [-0.15, -0.1) is 0 Å². The summed E-state index contributed by atoms with van der Waals surface area (Å²) in [5, 5.41) is 5.94. The molecule has 3 aromatic carbocycles. The molecule has 0 amide bonds. The number of nitrogens with zero attached hydrogens (tertiary/aromatic N) is 1. The van der Waals surface area contributed by atoms with E-state index >= 15 is 0 Å². The van der Waals surface area contributed by atoms with Gasteiger partial charge in [-0.2, -0.15) is 0 Å². The van der Waals surface area contributed by atoms with Crippen LogP contribution in [-0.4, -0.2) is 25.2 Å². The Morgan fingerprint density at radius 2 is 1.62 bits per heavy atom. The van der Waals surface area contributed by atoms with Crippen LogP contribution in [0.25, 0.3) is 22.0 Å². The van der Waals surface area contributed by atoms with E-state index in [0.717, 1.165) is 40.4 Å².